The lowest BCUT2D eigenvalue weighted by Gasteiger charge is -2.32. The Labute approximate surface area is 84.1 Å². The highest BCUT2D eigenvalue weighted by Gasteiger charge is 2.25. The molecule has 1 nitrogen and oxygen atoms in total. The molecule has 0 aliphatic rings. The Morgan fingerprint density at radius 3 is 1.85 bits per heavy atom. The highest BCUT2D eigenvalue weighted by molar-refractivity contribution is 4.81. The van der Waals surface area contributed by atoms with Gasteiger partial charge in [0, 0.05) is 6.04 Å². The van der Waals surface area contributed by atoms with Crippen LogP contribution in [0.25, 0.3) is 0 Å². The van der Waals surface area contributed by atoms with Crippen LogP contribution in [0.2, 0.25) is 0 Å². The molecule has 0 aromatic rings. The van der Waals surface area contributed by atoms with Crippen molar-refractivity contribution in [1.82, 2.24) is 0 Å². The number of hydrogen-bond donors (Lipinski definition) is 1. The minimum Gasteiger partial charge on any atom is -0.327 e. The van der Waals surface area contributed by atoms with Gasteiger partial charge in [-0.15, -0.1) is 0 Å². The second-order valence-electron chi connectivity index (χ2n) is 6.05. The van der Waals surface area contributed by atoms with Crippen LogP contribution >= 0.6 is 0 Å². The van der Waals surface area contributed by atoms with E-state index in [1.54, 1.807) is 0 Å². The first-order valence-electron chi connectivity index (χ1n) is 5.44. The first-order valence-corrected chi connectivity index (χ1v) is 5.44. The lowest BCUT2D eigenvalue weighted by atomic mass is 9.77. The van der Waals surface area contributed by atoms with Crippen molar-refractivity contribution < 1.29 is 0 Å². The maximum Gasteiger partial charge on any atom is 0.00903 e. The van der Waals surface area contributed by atoms with E-state index in [0.29, 0.717) is 16.9 Å². The van der Waals surface area contributed by atoms with Crippen LogP contribution in [0.15, 0.2) is 0 Å². The Kier molecular flexibility index (Phi) is 4.44. The van der Waals surface area contributed by atoms with Gasteiger partial charge in [-0.25, -0.2) is 0 Å². The Morgan fingerprint density at radius 1 is 1.08 bits per heavy atom. The summed E-state index contributed by atoms with van der Waals surface area (Å²) in [7, 11) is 0. The zero-order valence-electron chi connectivity index (χ0n) is 10.3. The summed E-state index contributed by atoms with van der Waals surface area (Å²) in [5.74, 6) is 0. The predicted octanol–water partition coefficient (Wildman–Crippen LogP) is 3.58. The van der Waals surface area contributed by atoms with Gasteiger partial charge in [0.05, 0.1) is 0 Å². The highest BCUT2D eigenvalue weighted by atomic mass is 14.7. The average Bonchev–Trinajstić information content (AvgIpc) is 1.98. The molecule has 0 bridgehead atoms. The van der Waals surface area contributed by atoms with E-state index in [2.05, 4.69) is 41.5 Å². The molecule has 1 atom stereocenters. The summed E-state index contributed by atoms with van der Waals surface area (Å²) in [5, 5.41) is 0. The summed E-state index contributed by atoms with van der Waals surface area (Å²) >= 11 is 0. The van der Waals surface area contributed by atoms with Crippen LogP contribution in [0.5, 0.6) is 0 Å². The topological polar surface area (TPSA) is 26.0 Å². The normalized spacial score (nSPS) is 15.9. The molecule has 0 aromatic heterocycles. The van der Waals surface area contributed by atoms with Crippen LogP contribution < -0.4 is 5.73 Å². The molecular formula is C12H27N. The smallest absolute Gasteiger partial charge is 0.00903 e. The van der Waals surface area contributed by atoms with Crippen molar-refractivity contribution >= 4 is 0 Å². The monoisotopic (exact) mass is 185 g/mol. The van der Waals surface area contributed by atoms with Crippen LogP contribution in [-0.4, -0.2) is 6.04 Å². The molecule has 0 spiro atoms. The molecule has 1 unspecified atom stereocenters. The van der Waals surface area contributed by atoms with Crippen LogP contribution in [0.1, 0.15) is 60.8 Å². The summed E-state index contributed by atoms with van der Waals surface area (Å²) in [4.78, 5) is 0. The largest absolute Gasteiger partial charge is 0.327 e. The molecule has 0 aliphatic carbocycles. The van der Waals surface area contributed by atoms with Gasteiger partial charge in [-0.05, 0) is 30.1 Å². The van der Waals surface area contributed by atoms with Crippen molar-refractivity contribution in [3.63, 3.8) is 0 Å². The number of hydrogen-bond acceptors (Lipinski definition) is 1. The fourth-order valence-electron chi connectivity index (χ4n) is 1.24. The zero-order valence-corrected chi connectivity index (χ0v) is 10.3. The first kappa shape index (κ1) is 13.0. The molecule has 0 saturated carbocycles. The van der Waals surface area contributed by atoms with Crippen molar-refractivity contribution in [3.8, 4) is 0 Å². The molecule has 13 heavy (non-hydrogen) atoms. The third kappa shape index (κ3) is 5.30. The van der Waals surface area contributed by atoms with Gasteiger partial charge in [-0.1, -0.05) is 41.5 Å². The molecule has 1 heteroatoms. The van der Waals surface area contributed by atoms with Gasteiger partial charge in [-0.2, -0.15) is 0 Å². The molecule has 0 heterocycles. The SMILES string of the molecule is CCC(C)(C)C(N)CCC(C)(C)C. The lowest BCUT2D eigenvalue weighted by molar-refractivity contribution is 0.233. The van der Waals surface area contributed by atoms with E-state index in [4.69, 9.17) is 5.73 Å². The fraction of sp³-hybridized carbons (Fsp3) is 1.00. The van der Waals surface area contributed by atoms with Crippen LogP contribution in [0, 0.1) is 10.8 Å². The predicted molar refractivity (Wildman–Crippen MR) is 60.7 cm³/mol. The molecule has 0 rings (SSSR count). The number of rotatable bonds is 4. The van der Waals surface area contributed by atoms with Gasteiger partial charge in [0.2, 0.25) is 0 Å². The van der Waals surface area contributed by atoms with Crippen LogP contribution in [-0.2, 0) is 0 Å². The van der Waals surface area contributed by atoms with Gasteiger partial charge in [0.1, 0.15) is 0 Å². The Bertz CT molecular complexity index is 142. The van der Waals surface area contributed by atoms with Gasteiger partial charge >= 0.3 is 0 Å². The minimum atomic E-state index is 0.297. The Hall–Kier alpha value is -0.0400. The second-order valence-corrected chi connectivity index (χ2v) is 6.05. The van der Waals surface area contributed by atoms with Gasteiger partial charge in [-0.3, -0.25) is 0 Å². The van der Waals surface area contributed by atoms with Gasteiger partial charge < -0.3 is 5.73 Å². The Morgan fingerprint density at radius 2 is 1.54 bits per heavy atom. The molecule has 0 amide bonds. The summed E-state index contributed by atoms with van der Waals surface area (Å²) < 4.78 is 0. The van der Waals surface area contributed by atoms with E-state index >= 15 is 0 Å². The molecule has 80 valence electrons. The zero-order chi connectivity index (χ0) is 10.7. The highest BCUT2D eigenvalue weighted by Crippen LogP contribution is 2.29. The van der Waals surface area contributed by atoms with E-state index in [0.717, 1.165) is 12.8 Å². The van der Waals surface area contributed by atoms with Crippen molar-refractivity contribution in [3.05, 3.63) is 0 Å². The Balaban J connectivity index is 3.95. The number of nitrogens with two attached hydrogens (primary N) is 1. The van der Waals surface area contributed by atoms with Gasteiger partial charge in [0.15, 0.2) is 0 Å². The van der Waals surface area contributed by atoms with Crippen molar-refractivity contribution in [2.45, 2.75) is 66.8 Å². The summed E-state index contributed by atoms with van der Waals surface area (Å²) in [5.41, 5.74) is 6.88. The molecule has 0 fully saturated rings. The summed E-state index contributed by atoms with van der Waals surface area (Å²) in [6.07, 6.45) is 3.53. The van der Waals surface area contributed by atoms with Crippen molar-refractivity contribution in [2.24, 2.45) is 16.6 Å². The van der Waals surface area contributed by atoms with E-state index < -0.39 is 0 Å². The first-order chi connectivity index (χ1) is 5.69. The van der Waals surface area contributed by atoms with E-state index in [9.17, 15) is 0 Å². The van der Waals surface area contributed by atoms with E-state index in [1.165, 1.54) is 6.42 Å². The molecule has 0 aromatic carbocycles. The van der Waals surface area contributed by atoms with Crippen molar-refractivity contribution in [2.75, 3.05) is 0 Å². The van der Waals surface area contributed by atoms with Gasteiger partial charge in [0.25, 0.3) is 0 Å². The average molecular weight is 185 g/mol. The molecule has 0 radical (unpaired) electrons. The molecular weight excluding hydrogens is 158 g/mol. The third-order valence-electron chi connectivity index (χ3n) is 3.12. The van der Waals surface area contributed by atoms with E-state index in [-0.39, 0.29) is 0 Å². The van der Waals surface area contributed by atoms with Crippen molar-refractivity contribution in [1.29, 1.82) is 0 Å². The quantitative estimate of drug-likeness (QED) is 0.712. The fourth-order valence-corrected chi connectivity index (χ4v) is 1.24. The maximum atomic E-state index is 6.17. The second kappa shape index (κ2) is 4.45. The standard InChI is InChI=1S/C12H27N/c1-7-12(5,6)10(13)8-9-11(2,3)4/h10H,7-9,13H2,1-6H3. The molecule has 2 N–H and O–H groups in total. The van der Waals surface area contributed by atoms with Crippen LogP contribution in [0.4, 0.5) is 0 Å². The third-order valence-corrected chi connectivity index (χ3v) is 3.12. The van der Waals surface area contributed by atoms with E-state index in [1.807, 2.05) is 0 Å². The minimum absolute atomic E-state index is 0.297. The maximum absolute atomic E-state index is 6.17. The summed E-state index contributed by atoms with van der Waals surface area (Å²) in [6, 6.07) is 0.344. The van der Waals surface area contributed by atoms with Crippen LogP contribution in [0.3, 0.4) is 0 Å². The molecule has 0 saturated heterocycles. The lowest BCUT2D eigenvalue weighted by Crippen LogP contribution is -2.37. The summed E-state index contributed by atoms with van der Waals surface area (Å²) in [6.45, 7) is 13.6. The molecule has 0 aliphatic heterocycles.